The molecule has 3 atom stereocenters. The molecular formula is C16H24BrNO. The highest BCUT2D eigenvalue weighted by Gasteiger charge is 2.26. The Morgan fingerprint density at radius 2 is 1.84 bits per heavy atom. The van der Waals surface area contributed by atoms with E-state index in [1.54, 1.807) is 0 Å². The number of rotatable bonds is 3. The molecule has 0 bridgehead atoms. The summed E-state index contributed by atoms with van der Waals surface area (Å²) in [5, 5.41) is 0. The van der Waals surface area contributed by atoms with Crippen LogP contribution < -0.4 is 10.5 Å². The molecule has 0 aliphatic heterocycles. The van der Waals surface area contributed by atoms with Gasteiger partial charge < -0.3 is 10.5 Å². The van der Waals surface area contributed by atoms with Crippen molar-refractivity contribution in [3.63, 3.8) is 0 Å². The first-order valence-electron chi connectivity index (χ1n) is 7.17. The van der Waals surface area contributed by atoms with Gasteiger partial charge in [-0.15, -0.1) is 0 Å². The molecule has 19 heavy (non-hydrogen) atoms. The van der Waals surface area contributed by atoms with E-state index >= 15 is 0 Å². The van der Waals surface area contributed by atoms with Gasteiger partial charge in [0.25, 0.3) is 0 Å². The Kier molecular flexibility index (Phi) is 4.91. The summed E-state index contributed by atoms with van der Waals surface area (Å²) >= 11 is 3.50. The lowest BCUT2D eigenvalue weighted by Crippen LogP contribution is -2.29. The number of ether oxygens (including phenoxy) is 1. The quantitative estimate of drug-likeness (QED) is 0.876. The van der Waals surface area contributed by atoms with Crippen molar-refractivity contribution in [3.05, 3.63) is 28.2 Å². The monoisotopic (exact) mass is 325 g/mol. The molecule has 0 amide bonds. The maximum absolute atomic E-state index is 6.24. The van der Waals surface area contributed by atoms with Gasteiger partial charge in [-0.1, -0.05) is 29.8 Å². The lowest BCUT2D eigenvalue weighted by Gasteiger charge is -2.32. The van der Waals surface area contributed by atoms with E-state index < -0.39 is 0 Å². The fraction of sp³-hybridized carbons (Fsp3) is 0.625. The highest BCUT2D eigenvalue weighted by atomic mass is 79.9. The lowest BCUT2D eigenvalue weighted by molar-refractivity contribution is 0.0998. The first-order chi connectivity index (χ1) is 8.95. The highest BCUT2D eigenvalue weighted by Crippen LogP contribution is 2.34. The molecule has 1 aliphatic carbocycles. The molecule has 1 fully saturated rings. The molecule has 1 aromatic carbocycles. The predicted molar refractivity (Wildman–Crippen MR) is 83.3 cm³/mol. The van der Waals surface area contributed by atoms with Crippen LogP contribution in [0.1, 0.15) is 51.6 Å². The fourth-order valence-electron chi connectivity index (χ4n) is 3.13. The van der Waals surface area contributed by atoms with Gasteiger partial charge in [0, 0.05) is 16.1 Å². The highest BCUT2D eigenvalue weighted by molar-refractivity contribution is 9.10. The summed E-state index contributed by atoms with van der Waals surface area (Å²) in [5.74, 6) is 2.45. The minimum Gasteiger partial charge on any atom is -0.490 e. The van der Waals surface area contributed by atoms with Crippen molar-refractivity contribution < 1.29 is 4.74 Å². The third kappa shape index (κ3) is 3.96. The zero-order valence-electron chi connectivity index (χ0n) is 12.0. The molecule has 1 aromatic rings. The van der Waals surface area contributed by atoms with Gasteiger partial charge in [-0.25, -0.2) is 0 Å². The van der Waals surface area contributed by atoms with Gasteiger partial charge in [-0.05, 0) is 56.2 Å². The first-order valence-corrected chi connectivity index (χ1v) is 7.96. The van der Waals surface area contributed by atoms with E-state index in [9.17, 15) is 0 Å². The van der Waals surface area contributed by atoms with Gasteiger partial charge in [0.1, 0.15) is 5.75 Å². The molecule has 2 N–H and O–H groups in total. The average Bonchev–Trinajstić information content (AvgIpc) is 2.30. The maximum atomic E-state index is 6.24. The summed E-state index contributed by atoms with van der Waals surface area (Å²) < 4.78 is 7.30. The van der Waals surface area contributed by atoms with E-state index in [0.717, 1.165) is 40.5 Å². The Balaban J connectivity index is 2.14. The Labute approximate surface area is 124 Å². The summed E-state index contributed by atoms with van der Waals surface area (Å²) in [7, 11) is 0. The van der Waals surface area contributed by atoms with Gasteiger partial charge >= 0.3 is 0 Å². The van der Waals surface area contributed by atoms with Crippen molar-refractivity contribution >= 4 is 15.9 Å². The second-order valence-electron chi connectivity index (χ2n) is 6.13. The molecule has 2 unspecified atom stereocenters. The molecular weight excluding hydrogens is 302 g/mol. The third-order valence-electron chi connectivity index (χ3n) is 3.89. The number of halogens is 1. The topological polar surface area (TPSA) is 35.2 Å². The molecule has 0 aromatic heterocycles. The lowest BCUT2D eigenvalue weighted by atomic mass is 9.82. The van der Waals surface area contributed by atoms with Crippen LogP contribution in [-0.4, -0.2) is 6.10 Å². The number of hydrogen-bond donors (Lipinski definition) is 1. The fourth-order valence-corrected chi connectivity index (χ4v) is 3.51. The van der Waals surface area contributed by atoms with E-state index in [1.165, 1.54) is 6.42 Å². The zero-order chi connectivity index (χ0) is 14.0. The minimum atomic E-state index is -0.00839. The third-order valence-corrected chi connectivity index (χ3v) is 4.38. The Hall–Kier alpha value is -0.540. The molecule has 0 saturated heterocycles. The number of benzene rings is 1. The van der Waals surface area contributed by atoms with E-state index in [0.29, 0.717) is 6.10 Å². The van der Waals surface area contributed by atoms with Gasteiger partial charge in [0.05, 0.1) is 6.10 Å². The van der Waals surface area contributed by atoms with Gasteiger partial charge in [-0.2, -0.15) is 0 Å². The summed E-state index contributed by atoms with van der Waals surface area (Å²) in [6.07, 6.45) is 3.95. The van der Waals surface area contributed by atoms with E-state index in [4.69, 9.17) is 10.5 Å². The summed E-state index contributed by atoms with van der Waals surface area (Å²) in [6, 6.07) is 6.12. The smallest absolute Gasteiger partial charge is 0.124 e. The van der Waals surface area contributed by atoms with Crippen molar-refractivity contribution in [3.8, 4) is 5.75 Å². The molecule has 1 saturated carbocycles. The second kappa shape index (κ2) is 6.27. The molecule has 0 radical (unpaired) electrons. The van der Waals surface area contributed by atoms with E-state index in [2.05, 4.69) is 35.8 Å². The predicted octanol–water partition coefficient (Wildman–Crippen LogP) is 4.67. The zero-order valence-corrected chi connectivity index (χ0v) is 13.6. The first kappa shape index (κ1) is 14.9. The molecule has 1 aliphatic rings. The van der Waals surface area contributed by atoms with Gasteiger partial charge in [-0.3, -0.25) is 0 Å². The molecule has 2 nitrogen and oxygen atoms in total. The van der Waals surface area contributed by atoms with Crippen molar-refractivity contribution in [2.24, 2.45) is 17.6 Å². The van der Waals surface area contributed by atoms with E-state index in [-0.39, 0.29) is 6.04 Å². The normalized spacial score (nSPS) is 29.0. The molecule has 0 spiro atoms. The van der Waals surface area contributed by atoms with Crippen LogP contribution in [0.3, 0.4) is 0 Å². The Bertz CT molecular complexity index is 423. The van der Waals surface area contributed by atoms with Crippen LogP contribution >= 0.6 is 15.9 Å². The standard InChI is InChI=1S/C16H24BrNO/c1-10-6-11(2)8-14(7-10)19-16-5-4-13(17)9-15(16)12(3)18/h4-5,9-12,14H,6-8,18H2,1-3H3/t10?,11?,12-,14?/m1/s1. The SMILES string of the molecule is CC1CC(C)CC(Oc2ccc(Br)cc2[C@@H](C)N)C1. The van der Waals surface area contributed by atoms with Crippen molar-refractivity contribution in [1.29, 1.82) is 0 Å². The maximum Gasteiger partial charge on any atom is 0.124 e. The summed E-state index contributed by atoms with van der Waals surface area (Å²) in [5.41, 5.74) is 7.13. The molecule has 3 heteroatoms. The summed E-state index contributed by atoms with van der Waals surface area (Å²) in [4.78, 5) is 0. The van der Waals surface area contributed by atoms with Gasteiger partial charge in [0.15, 0.2) is 0 Å². The molecule has 0 heterocycles. The largest absolute Gasteiger partial charge is 0.490 e. The Morgan fingerprint density at radius 1 is 1.21 bits per heavy atom. The van der Waals surface area contributed by atoms with Crippen LogP contribution in [0.2, 0.25) is 0 Å². The van der Waals surface area contributed by atoms with Crippen LogP contribution in [0.5, 0.6) is 5.75 Å². The van der Waals surface area contributed by atoms with Gasteiger partial charge in [0.2, 0.25) is 0 Å². The van der Waals surface area contributed by atoms with Crippen LogP contribution in [0.25, 0.3) is 0 Å². The van der Waals surface area contributed by atoms with Crippen LogP contribution in [0.15, 0.2) is 22.7 Å². The minimum absolute atomic E-state index is 0.00839. The Morgan fingerprint density at radius 3 is 2.42 bits per heavy atom. The van der Waals surface area contributed by atoms with Crippen LogP contribution in [-0.2, 0) is 0 Å². The summed E-state index contributed by atoms with van der Waals surface area (Å²) in [6.45, 7) is 6.64. The molecule has 106 valence electrons. The van der Waals surface area contributed by atoms with Crippen molar-refractivity contribution in [1.82, 2.24) is 0 Å². The van der Waals surface area contributed by atoms with Crippen LogP contribution in [0, 0.1) is 11.8 Å². The number of hydrogen-bond acceptors (Lipinski definition) is 2. The average molecular weight is 326 g/mol. The van der Waals surface area contributed by atoms with E-state index in [1.807, 2.05) is 19.1 Å². The molecule has 2 rings (SSSR count). The second-order valence-corrected chi connectivity index (χ2v) is 7.04. The van der Waals surface area contributed by atoms with Crippen LogP contribution in [0.4, 0.5) is 0 Å². The van der Waals surface area contributed by atoms with Crippen molar-refractivity contribution in [2.75, 3.05) is 0 Å². The number of nitrogens with two attached hydrogens (primary N) is 1. The van der Waals surface area contributed by atoms with Crippen molar-refractivity contribution in [2.45, 2.75) is 52.2 Å².